The van der Waals surface area contributed by atoms with Crippen molar-refractivity contribution in [3.05, 3.63) is 72.8 Å². The van der Waals surface area contributed by atoms with E-state index in [1.165, 1.54) is 12.1 Å². The number of phenols is 1. The third kappa shape index (κ3) is 5.18. The maximum Gasteiger partial charge on any atom is 0.324 e. The van der Waals surface area contributed by atoms with E-state index in [0.717, 1.165) is 0 Å². The van der Waals surface area contributed by atoms with Crippen molar-refractivity contribution in [1.29, 1.82) is 0 Å². The lowest BCUT2D eigenvalue weighted by atomic mass is 10.2. The van der Waals surface area contributed by atoms with E-state index in [9.17, 15) is 38.8 Å². The van der Waals surface area contributed by atoms with Crippen LogP contribution in [0.5, 0.6) is 5.75 Å². The summed E-state index contributed by atoms with van der Waals surface area (Å²) in [5, 5.41) is 40.2. The van der Waals surface area contributed by atoms with Crippen LogP contribution in [0.25, 0.3) is 0 Å². The van der Waals surface area contributed by atoms with Crippen molar-refractivity contribution < 1.29 is 32.8 Å². The second-order valence-electron chi connectivity index (χ2n) is 4.39. The molecule has 2 rings (SSSR count). The lowest BCUT2D eigenvalue weighted by Crippen LogP contribution is -1.97. The Bertz CT molecular complexity index is 923. The number of nitro groups is 3. The van der Waals surface area contributed by atoms with E-state index in [1.54, 1.807) is 18.2 Å². The second kappa shape index (κ2) is 7.95. The minimum absolute atomic E-state index is 0.0741. The predicted octanol–water partition coefficient (Wildman–Crippen LogP) is 2.05. The zero-order chi connectivity index (χ0) is 20.1. The number of aromatic hydroxyl groups is 1. The predicted molar refractivity (Wildman–Crippen MR) is 84.3 cm³/mol. The fraction of sp³-hybridized carbons (Fsp3) is 0. The fourth-order valence-corrected chi connectivity index (χ4v) is 2.07. The summed E-state index contributed by atoms with van der Waals surface area (Å²) < 4.78 is 29.2. The summed E-state index contributed by atoms with van der Waals surface area (Å²) in [4.78, 5) is 27.7. The summed E-state index contributed by atoms with van der Waals surface area (Å²) in [6.07, 6.45) is 0. The van der Waals surface area contributed by atoms with E-state index < -0.39 is 47.7 Å². The summed E-state index contributed by atoms with van der Waals surface area (Å²) in [5.41, 5.74) is -3.00. The van der Waals surface area contributed by atoms with Gasteiger partial charge in [0.1, 0.15) is 0 Å². The van der Waals surface area contributed by atoms with Crippen LogP contribution in [-0.4, -0.2) is 32.8 Å². The Morgan fingerprint density at radius 3 is 1.50 bits per heavy atom. The standard InChI is InChI=1S/C6H3N3O7.C6H6O3S/c10-6-4(8(13)14)1-3(7(11)12)2-5(6)9(15)16;7-10(8,9)6-4-2-1-3-5-6/h1-2,10H;1-5H,(H,7,8,9). The van der Waals surface area contributed by atoms with Crippen LogP contribution in [0.2, 0.25) is 0 Å². The molecule has 0 saturated heterocycles. The summed E-state index contributed by atoms with van der Waals surface area (Å²) in [6, 6.07) is 8.32. The second-order valence-corrected chi connectivity index (χ2v) is 5.81. The van der Waals surface area contributed by atoms with Crippen molar-refractivity contribution >= 4 is 27.2 Å². The molecular formula is C12H9N3O10S. The first-order chi connectivity index (χ1) is 11.9. The zero-order valence-corrected chi connectivity index (χ0v) is 13.3. The Balaban J connectivity index is 0.000000289. The lowest BCUT2D eigenvalue weighted by molar-refractivity contribution is -0.404. The van der Waals surface area contributed by atoms with Crippen LogP contribution in [0.3, 0.4) is 0 Å². The van der Waals surface area contributed by atoms with Crippen LogP contribution in [0.1, 0.15) is 0 Å². The van der Waals surface area contributed by atoms with Gasteiger partial charge in [0.25, 0.3) is 21.6 Å². The maximum absolute atomic E-state index is 10.4. The molecule has 2 aromatic carbocycles. The SMILES string of the molecule is O=S(=O)(O)c1ccccc1.O=[N+]([O-])c1cc([N+](=O)[O-])c(O)c([N+](=O)[O-])c1. The molecule has 0 saturated carbocycles. The van der Waals surface area contributed by atoms with E-state index in [-0.39, 0.29) is 4.90 Å². The minimum Gasteiger partial charge on any atom is -0.497 e. The molecule has 0 heterocycles. The quantitative estimate of drug-likeness (QED) is 0.443. The van der Waals surface area contributed by atoms with Gasteiger partial charge in [-0.05, 0) is 12.1 Å². The third-order valence-electron chi connectivity index (χ3n) is 2.70. The van der Waals surface area contributed by atoms with Crippen molar-refractivity contribution in [2.75, 3.05) is 0 Å². The molecule has 0 aliphatic heterocycles. The zero-order valence-electron chi connectivity index (χ0n) is 12.5. The Morgan fingerprint density at radius 2 is 1.23 bits per heavy atom. The minimum atomic E-state index is -4.00. The molecule has 0 radical (unpaired) electrons. The molecule has 0 aliphatic carbocycles. The summed E-state index contributed by atoms with van der Waals surface area (Å²) >= 11 is 0. The summed E-state index contributed by atoms with van der Waals surface area (Å²) in [7, 11) is -4.00. The number of nitrogens with zero attached hydrogens (tertiary/aromatic N) is 3. The molecule has 14 heteroatoms. The fourth-order valence-electron chi connectivity index (χ4n) is 1.57. The smallest absolute Gasteiger partial charge is 0.324 e. The molecular weight excluding hydrogens is 378 g/mol. The highest BCUT2D eigenvalue weighted by Crippen LogP contribution is 2.38. The number of non-ortho nitro benzene ring substituents is 1. The van der Waals surface area contributed by atoms with Gasteiger partial charge in [0.15, 0.2) is 0 Å². The molecule has 138 valence electrons. The van der Waals surface area contributed by atoms with Crippen molar-refractivity contribution in [3.8, 4) is 5.75 Å². The van der Waals surface area contributed by atoms with Crippen LogP contribution in [0, 0.1) is 30.3 Å². The average Bonchev–Trinajstić information content (AvgIpc) is 2.55. The van der Waals surface area contributed by atoms with Gasteiger partial charge >= 0.3 is 11.4 Å². The van der Waals surface area contributed by atoms with E-state index in [4.69, 9.17) is 9.66 Å². The molecule has 0 aliphatic rings. The van der Waals surface area contributed by atoms with Crippen LogP contribution < -0.4 is 0 Å². The van der Waals surface area contributed by atoms with Gasteiger partial charge < -0.3 is 5.11 Å². The monoisotopic (exact) mass is 387 g/mol. The molecule has 2 aromatic rings. The van der Waals surface area contributed by atoms with Crippen LogP contribution in [-0.2, 0) is 10.1 Å². The lowest BCUT2D eigenvalue weighted by Gasteiger charge is -1.97. The molecule has 0 unspecified atom stereocenters. The molecule has 13 nitrogen and oxygen atoms in total. The Kier molecular flexibility index (Phi) is 6.24. The van der Waals surface area contributed by atoms with E-state index >= 15 is 0 Å². The third-order valence-corrected chi connectivity index (χ3v) is 3.57. The van der Waals surface area contributed by atoms with E-state index in [0.29, 0.717) is 12.1 Å². The number of hydrogen-bond donors (Lipinski definition) is 2. The maximum atomic E-state index is 10.4. The van der Waals surface area contributed by atoms with Crippen molar-refractivity contribution in [1.82, 2.24) is 0 Å². The Morgan fingerprint density at radius 1 is 0.808 bits per heavy atom. The highest BCUT2D eigenvalue weighted by atomic mass is 32.2. The van der Waals surface area contributed by atoms with Gasteiger partial charge in [0.05, 0.1) is 31.8 Å². The van der Waals surface area contributed by atoms with Gasteiger partial charge in [-0.25, -0.2) is 0 Å². The summed E-state index contributed by atoms with van der Waals surface area (Å²) in [6.45, 7) is 0. The number of phenolic OH excluding ortho intramolecular Hbond substituents is 1. The van der Waals surface area contributed by atoms with Crippen molar-refractivity contribution in [2.45, 2.75) is 4.90 Å². The van der Waals surface area contributed by atoms with Crippen molar-refractivity contribution in [2.24, 2.45) is 0 Å². The molecule has 2 N–H and O–H groups in total. The average molecular weight is 387 g/mol. The van der Waals surface area contributed by atoms with Gasteiger partial charge in [-0.3, -0.25) is 34.9 Å². The van der Waals surface area contributed by atoms with Crippen LogP contribution >= 0.6 is 0 Å². The van der Waals surface area contributed by atoms with E-state index in [1.807, 2.05) is 0 Å². The number of benzene rings is 2. The summed E-state index contributed by atoms with van der Waals surface area (Å²) in [5.74, 6) is -1.21. The van der Waals surface area contributed by atoms with Gasteiger partial charge in [-0.2, -0.15) is 8.42 Å². The van der Waals surface area contributed by atoms with Crippen molar-refractivity contribution in [3.63, 3.8) is 0 Å². The molecule has 0 fully saturated rings. The first kappa shape index (κ1) is 20.4. The van der Waals surface area contributed by atoms with Crippen LogP contribution in [0.15, 0.2) is 47.4 Å². The molecule has 26 heavy (non-hydrogen) atoms. The van der Waals surface area contributed by atoms with Gasteiger partial charge in [0, 0.05) is 0 Å². The number of nitro benzene ring substituents is 3. The molecule has 0 amide bonds. The topological polar surface area (TPSA) is 204 Å². The van der Waals surface area contributed by atoms with Gasteiger partial charge in [0.2, 0.25) is 0 Å². The highest BCUT2D eigenvalue weighted by molar-refractivity contribution is 7.85. The normalized spacial score (nSPS) is 10.3. The highest BCUT2D eigenvalue weighted by Gasteiger charge is 2.30. The van der Waals surface area contributed by atoms with Gasteiger partial charge in [-0.1, -0.05) is 18.2 Å². The van der Waals surface area contributed by atoms with E-state index in [2.05, 4.69) is 0 Å². The largest absolute Gasteiger partial charge is 0.497 e. The molecule has 0 bridgehead atoms. The first-order valence-corrected chi connectivity index (χ1v) is 7.72. The van der Waals surface area contributed by atoms with Crippen LogP contribution in [0.4, 0.5) is 17.1 Å². The Hall–Kier alpha value is -3.65. The number of rotatable bonds is 4. The molecule has 0 aromatic heterocycles. The number of hydrogen-bond acceptors (Lipinski definition) is 9. The Labute approximate surface area is 144 Å². The van der Waals surface area contributed by atoms with Gasteiger partial charge in [-0.15, -0.1) is 0 Å². The first-order valence-electron chi connectivity index (χ1n) is 6.28. The molecule has 0 spiro atoms. The molecule has 0 atom stereocenters.